The van der Waals surface area contributed by atoms with Gasteiger partial charge in [0.05, 0.1) is 0 Å². The highest BCUT2D eigenvalue weighted by Crippen LogP contribution is 2.26. The normalized spacial score (nSPS) is 14.3. The Morgan fingerprint density at radius 2 is 1.82 bits per heavy atom. The van der Waals surface area contributed by atoms with Crippen LogP contribution in [0.3, 0.4) is 0 Å². The van der Waals surface area contributed by atoms with Crippen LogP contribution in [0, 0.1) is 6.92 Å². The quantitative estimate of drug-likeness (QED) is 0.599. The molecule has 1 fully saturated rings. The van der Waals surface area contributed by atoms with Crippen LogP contribution in [-0.2, 0) is 5.75 Å². The zero-order valence-electron chi connectivity index (χ0n) is 15.6. The third-order valence-corrected chi connectivity index (χ3v) is 6.77. The van der Waals surface area contributed by atoms with Gasteiger partial charge in [0.1, 0.15) is 4.34 Å². The second kappa shape index (κ2) is 8.70. The molecule has 0 aliphatic carbocycles. The number of thiazole rings is 1. The average molecular weight is 412 g/mol. The molecule has 0 saturated carbocycles. The first-order chi connectivity index (χ1) is 13.7. The minimum Gasteiger partial charge on any atom is -0.337 e. The number of amides is 1. The number of nitrogens with zero attached hydrogens (tertiary/aromatic N) is 5. The van der Waals surface area contributed by atoms with Crippen molar-refractivity contribution in [1.29, 1.82) is 0 Å². The number of piperazine rings is 1. The molecule has 3 aromatic rings. The van der Waals surface area contributed by atoms with Crippen molar-refractivity contribution < 1.29 is 4.79 Å². The summed E-state index contributed by atoms with van der Waals surface area (Å²) in [5.74, 6) is 1.67. The lowest BCUT2D eigenvalue weighted by molar-refractivity contribution is 0.0746. The molecule has 6 nitrogen and oxygen atoms in total. The van der Waals surface area contributed by atoms with Crippen molar-refractivity contribution in [2.24, 2.45) is 0 Å². The van der Waals surface area contributed by atoms with Crippen molar-refractivity contribution in [3.05, 3.63) is 64.9 Å². The Morgan fingerprint density at radius 1 is 1.11 bits per heavy atom. The number of hydrogen-bond donors (Lipinski definition) is 0. The lowest BCUT2D eigenvalue weighted by Gasteiger charge is -2.34. The highest BCUT2D eigenvalue weighted by Gasteiger charge is 2.23. The van der Waals surface area contributed by atoms with Crippen molar-refractivity contribution in [3.8, 4) is 0 Å². The van der Waals surface area contributed by atoms with Gasteiger partial charge >= 0.3 is 0 Å². The van der Waals surface area contributed by atoms with Gasteiger partial charge in [-0.3, -0.25) is 4.79 Å². The van der Waals surface area contributed by atoms with Gasteiger partial charge < -0.3 is 9.80 Å². The number of anilines is 1. The molecule has 1 saturated heterocycles. The molecular formula is C20H21N5OS2. The van der Waals surface area contributed by atoms with Crippen molar-refractivity contribution in [2.75, 3.05) is 31.1 Å². The number of hydrogen-bond acceptors (Lipinski definition) is 7. The molecule has 28 heavy (non-hydrogen) atoms. The molecule has 1 amide bonds. The maximum Gasteiger partial charge on any atom is 0.253 e. The van der Waals surface area contributed by atoms with E-state index in [9.17, 15) is 4.79 Å². The molecule has 0 radical (unpaired) electrons. The zero-order valence-corrected chi connectivity index (χ0v) is 17.2. The lowest BCUT2D eigenvalue weighted by Crippen LogP contribution is -2.49. The highest BCUT2D eigenvalue weighted by molar-refractivity contribution is 8.00. The third kappa shape index (κ3) is 4.51. The van der Waals surface area contributed by atoms with Gasteiger partial charge in [0.25, 0.3) is 5.91 Å². The summed E-state index contributed by atoms with van der Waals surface area (Å²) in [6.45, 7) is 4.86. The fourth-order valence-electron chi connectivity index (χ4n) is 3.03. The van der Waals surface area contributed by atoms with Crippen LogP contribution < -0.4 is 4.90 Å². The molecular weight excluding hydrogens is 390 g/mol. The number of carbonyl (C=O) groups excluding carboxylic acids is 1. The number of benzene rings is 1. The number of rotatable bonds is 5. The van der Waals surface area contributed by atoms with Gasteiger partial charge in [-0.05, 0) is 30.7 Å². The predicted octanol–water partition coefficient (Wildman–Crippen LogP) is 3.50. The zero-order chi connectivity index (χ0) is 19.3. The van der Waals surface area contributed by atoms with E-state index in [0.29, 0.717) is 13.1 Å². The molecule has 1 aliphatic heterocycles. The van der Waals surface area contributed by atoms with E-state index in [0.717, 1.165) is 40.4 Å². The largest absolute Gasteiger partial charge is 0.337 e. The van der Waals surface area contributed by atoms with E-state index >= 15 is 0 Å². The van der Waals surface area contributed by atoms with E-state index in [2.05, 4.69) is 25.2 Å². The van der Waals surface area contributed by atoms with Crippen LogP contribution in [0.25, 0.3) is 0 Å². The molecule has 2 aromatic heterocycles. The fraction of sp³-hybridized carbons (Fsp3) is 0.300. The molecule has 144 valence electrons. The topological polar surface area (TPSA) is 62.2 Å². The van der Waals surface area contributed by atoms with E-state index in [-0.39, 0.29) is 5.91 Å². The van der Waals surface area contributed by atoms with Gasteiger partial charge in [-0.2, -0.15) is 0 Å². The van der Waals surface area contributed by atoms with E-state index in [1.165, 1.54) is 5.56 Å². The van der Waals surface area contributed by atoms with Crippen molar-refractivity contribution in [3.63, 3.8) is 0 Å². The maximum atomic E-state index is 12.8. The second-order valence-corrected chi connectivity index (χ2v) is 8.65. The highest BCUT2D eigenvalue weighted by atomic mass is 32.2. The fourth-order valence-corrected chi connectivity index (χ4v) is 4.84. The number of aryl methyl sites for hydroxylation is 1. The van der Waals surface area contributed by atoms with Gasteiger partial charge in [0, 0.05) is 61.0 Å². The summed E-state index contributed by atoms with van der Waals surface area (Å²) in [5.41, 5.74) is 3.00. The predicted molar refractivity (Wildman–Crippen MR) is 113 cm³/mol. The van der Waals surface area contributed by atoms with Crippen molar-refractivity contribution in [2.45, 2.75) is 17.0 Å². The Hall–Kier alpha value is -2.45. The van der Waals surface area contributed by atoms with Gasteiger partial charge in [-0.15, -0.1) is 11.3 Å². The molecule has 0 bridgehead atoms. The number of thioether (sulfide) groups is 1. The SMILES string of the molecule is Cc1csc(SCc2ccc(C(=O)N3CCN(c4ncccn4)CC3)cc2)n1. The van der Waals surface area contributed by atoms with Gasteiger partial charge in [-0.25, -0.2) is 15.0 Å². The van der Waals surface area contributed by atoms with Crippen LogP contribution in [0.15, 0.2) is 52.4 Å². The first kappa shape index (κ1) is 18.9. The van der Waals surface area contributed by atoms with E-state index in [4.69, 9.17) is 0 Å². The molecule has 0 spiro atoms. The number of aromatic nitrogens is 3. The summed E-state index contributed by atoms with van der Waals surface area (Å²) < 4.78 is 1.08. The Kier molecular flexibility index (Phi) is 5.87. The molecule has 0 unspecified atom stereocenters. The smallest absolute Gasteiger partial charge is 0.253 e. The standard InChI is InChI=1S/C20H21N5OS2/c1-15-13-27-20(23-15)28-14-16-3-5-17(6-4-16)18(26)24-9-11-25(12-10-24)19-21-7-2-8-22-19/h2-8,13H,9-12,14H2,1H3. The molecule has 1 aromatic carbocycles. The molecule has 3 heterocycles. The average Bonchev–Trinajstić information content (AvgIpc) is 3.18. The van der Waals surface area contributed by atoms with Crippen LogP contribution in [0.2, 0.25) is 0 Å². The Balaban J connectivity index is 1.31. The van der Waals surface area contributed by atoms with Gasteiger partial charge in [-0.1, -0.05) is 23.9 Å². The molecule has 0 N–H and O–H groups in total. The molecule has 4 rings (SSSR count). The minimum atomic E-state index is 0.0865. The Labute approximate surface area is 172 Å². The summed E-state index contributed by atoms with van der Waals surface area (Å²) in [6.07, 6.45) is 3.49. The lowest BCUT2D eigenvalue weighted by atomic mass is 10.1. The van der Waals surface area contributed by atoms with Crippen molar-refractivity contribution >= 4 is 35.0 Å². The van der Waals surface area contributed by atoms with Gasteiger partial charge in [0.2, 0.25) is 5.95 Å². The van der Waals surface area contributed by atoms with Crippen molar-refractivity contribution in [1.82, 2.24) is 19.9 Å². The first-order valence-electron chi connectivity index (χ1n) is 9.14. The van der Waals surface area contributed by atoms with Gasteiger partial charge in [0.15, 0.2) is 0 Å². The van der Waals surface area contributed by atoms with E-state index in [1.54, 1.807) is 35.5 Å². The molecule has 1 aliphatic rings. The summed E-state index contributed by atoms with van der Waals surface area (Å²) in [7, 11) is 0. The molecule has 8 heteroatoms. The van der Waals surface area contributed by atoms with E-state index < -0.39 is 0 Å². The summed E-state index contributed by atoms with van der Waals surface area (Å²) in [6, 6.07) is 9.74. The van der Waals surface area contributed by atoms with Crippen LogP contribution in [0.1, 0.15) is 21.6 Å². The summed E-state index contributed by atoms with van der Waals surface area (Å²) in [4.78, 5) is 29.9. The second-order valence-electron chi connectivity index (χ2n) is 6.57. The van der Waals surface area contributed by atoms with Crippen LogP contribution in [-0.4, -0.2) is 51.9 Å². The third-order valence-electron chi connectivity index (χ3n) is 4.56. The van der Waals surface area contributed by atoms with Crippen LogP contribution >= 0.6 is 23.1 Å². The molecule has 0 atom stereocenters. The number of carbonyl (C=O) groups is 1. The summed E-state index contributed by atoms with van der Waals surface area (Å²) >= 11 is 3.40. The maximum absolute atomic E-state index is 12.8. The summed E-state index contributed by atoms with van der Waals surface area (Å²) in [5, 5.41) is 2.06. The first-order valence-corrected chi connectivity index (χ1v) is 11.0. The van der Waals surface area contributed by atoms with E-state index in [1.807, 2.05) is 42.2 Å². The van der Waals surface area contributed by atoms with Crippen LogP contribution in [0.5, 0.6) is 0 Å². The Morgan fingerprint density at radius 3 is 2.46 bits per heavy atom. The minimum absolute atomic E-state index is 0.0865. The monoisotopic (exact) mass is 411 g/mol. The van der Waals surface area contributed by atoms with Crippen LogP contribution in [0.4, 0.5) is 5.95 Å². The Bertz CT molecular complexity index is 921.